The molecule has 1 aromatic carbocycles. The molecular formula is C20H33N3O3. The third kappa shape index (κ3) is 6.50. The first-order chi connectivity index (χ1) is 12.4. The van der Waals surface area contributed by atoms with E-state index in [0.29, 0.717) is 25.6 Å². The number of guanidine groups is 1. The van der Waals surface area contributed by atoms with E-state index in [1.807, 2.05) is 13.8 Å². The van der Waals surface area contributed by atoms with Crippen molar-refractivity contribution in [2.75, 3.05) is 40.5 Å². The third-order valence-corrected chi connectivity index (χ3v) is 4.63. The number of nitrogens with zero attached hydrogens (tertiary/aromatic N) is 1. The van der Waals surface area contributed by atoms with Crippen molar-refractivity contribution in [3.05, 3.63) is 29.3 Å². The molecule has 26 heavy (non-hydrogen) atoms. The van der Waals surface area contributed by atoms with Crippen LogP contribution < -0.4 is 15.4 Å². The van der Waals surface area contributed by atoms with E-state index in [2.05, 4.69) is 40.7 Å². The highest BCUT2D eigenvalue weighted by Gasteiger charge is 2.18. The second-order valence-corrected chi connectivity index (χ2v) is 7.39. The van der Waals surface area contributed by atoms with Crippen LogP contribution in [0.4, 0.5) is 0 Å². The number of hydrogen-bond acceptors (Lipinski definition) is 4. The second-order valence-electron chi connectivity index (χ2n) is 7.39. The molecular weight excluding hydrogens is 330 g/mol. The number of aliphatic imine (C=N–C) groups is 1. The Hall–Kier alpha value is -1.79. The normalized spacial score (nSPS) is 18.0. The third-order valence-electron chi connectivity index (χ3n) is 4.63. The van der Waals surface area contributed by atoms with Crippen molar-refractivity contribution in [3.8, 4) is 5.75 Å². The van der Waals surface area contributed by atoms with Gasteiger partial charge in [0, 0.05) is 45.3 Å². The first kappa shape index (κ1) is 20.5. The minimum Gasteiger partial charge on any atom is -0.493 e. The van der Waals surface area contributed by atoms with Crippen LogP contribution in [-0.2, 0) is 16.0 Å². The lowest BCUT2D eigenvalue weighted by Crippen LogP contribution is -2.45. The van der Waals surface area contributed by atoms with Crippen LogP contribution in [0.15, 0.2) is 23.2 Å². The Morgan fingerprint density at radius 1 is 1.35 bits per heavy atom. The highest BCUT2D eigenvalue weighted by atomic mass is 16.5. The lowest BCUT2D eigenvalue weighted by atomic mass is 10.1. The molecule has 1 heterocycles. The van der Waals surface area contributed by atoms with E-state index in [4.69, 9.17) is 14.2 Å². The molecule has 6 heteroatoms. The van der Waals surface area contributed by atoms with E-state index >= 15 is 0 Å². The molecule has 1 aliphatic heterocycles. The number of nitrogens with one attached hydrogen (secondary N) is 2. The number of ether oxygens (including phenoxy) is 3. The topological polar surface area (TPSA) is 64.1 Å². The van der Waals surface area contributed by atoms with Crippen molar-refractivity contribution in [1.82, 2.24) is 10.6 Å². The molecule has 0 aliphatic carbocycles. The highest BCUT2D eigenvalue weighted by molar-refractivity contribution is 5.79. The van der Waals surface area contributed by atoms with E-state index in [1.165, 1.54) is 5.56 Å². The first-order valence-electron chi connectivity index (χ1n) is 9.23. The van der Waals surface area contributed by atoms with Crippen molar-refractivity contribution in [2.24, 2.45) is 10.9 Å². The number of methoxy groups -OCH3 is 1. The molecule has 0 amide bonds. The second kappa shape index (κ2) is 9.78. The van der Waals surface area contributed by atoms with E-state index < -0.39 is 0 Å². The Morgan fingerprint density at radius 3 is 2.81 bits per heavy atom. The Labute approximate surface area is 157 Å². The summed E-state index contributed by atoms with van der Waals surface area (Å²) in [7, 11) is 3.48. The zero-order valence-electron chi connectivity index (χ0n) is 16.7. The van der Waals surface area contributed by atoms with Gasteiger partial charge in [0.2, 0.25) is 0 Å². The predicted molar refractivity (Wildman–Crippen MR) is 105 cm³/mol. The largest absolute Gasteiger partial charge is 0.493 e. The van der Waals surface area contributed by atoms with Crippen LogP contribution in [0.25, 0.3) is 0 Å². The van der Waals surface area contributed by atoms with Gasteiger partial charge in [-0.25, -0.2) is 0 Å². The summed E-state index contributed by atoms with van der Waals surface area (Å²) in [6.07, 6.45) is 1.07. The molecule has 146 valence electrons. The van der Waals surface area contributed by atoms with Crippen LogP contribution in [0, 0.1) is 12.8 Å². The number of aryl methyl sites for hydroxylation is 1. The maximum absolute atomic E-state index is 6.10. The van der Waals surface area contributed by atoms with E-state index in [0.717, 1.165) is 36.9 Å². The van der Waals surface area contributed by atoms with Crippen LogP contribution in [0.2, 0.25) is 0 Å². The van der Waals surface area contributed by atoms with Crippen LogP contribution in [0.1, 0.15) is 31.4 Å². The fourth-order valence-corrected chi connectivity index (χ4v) is 2.63. The van der Waals surface area contributed by atoms with Gasteiger partial charge in [-0.3, -0.25) is 4.99 Å². The molecule has 0 bridgehead atoms. The number of benzene rings is 1. The van der Waals surface area contributed by atoms with Gasteiger partial charge >= 0.3 is 0 Å². The van der Waals surface area contributed by atoms with Gasteiger partial charge in [0.25, 0.3) is 0 Å². The van der Waals surface area contributed by atoms with E-state index in [9.17, 15) is 0 Å². The van der Waals surface area contributed by atoms with Crippen LogP contribution in [-0.4, -0.2) is 52.1 Å². The minimum atomic E-state index is -0.251. The summed E-state index contributed by atoms with van der Waals surface area (Å²) in [5, 5.41) is 6.64. The number of rotatable bonds is 8. The van der Waals surface area contributed by atoms with Gasteiger partial charge < -0.3 is 24.8 Å². The molecule has 6 nitrogen and oxygen atoms in total. The lowest BCUT2D eigenvalue weighted by Gasteiger charge is -2.24. The molecule has 0 saturated carbocycles. The quantitative estimate of drug-likeness (QED) is 0.549. The molecule has 0 aromatic heterocycles. The van der Waals surface area contributed by atoms with Gasteiger partial charge in [-0.1, -0.05) is 12.1 Å². The molecule has 1 unspecified atom stereocenters. The summed E-state index contributed by atoms with van der Waals surface area (Å²) in [4.78, 5) is 4.28. The average Bonchev–Trinajstić information content (AvgIpc) is 3.15. The molecule has 1 aliphatic rings. The molecule has 1 aromatic rings. The molecule has 1 saturated heterocycles. The van der Waals surface area contributed by atoms with Crippen molar-refractivity contribution >= 4 is 5.96 Å². The summed E-state index contributed by atoms with van der Waals surface area (Å²) in [6.45, 7) is 9.80. The molecule has 0 radical (unpaired) electrons. The van der Waals surface area contributed by atoms with Crippen LogP contribution >= 0.6 is 0 Å². The summed E-state index contributed by atoms with van der Waals surface area (Å²) in [5.74, 6) is 2.16. The van der Waals surface area contributed by atoms with Gasteiger partial charge in [0.1, 0.15) is 5.75 Å². The lowest BCUT2D eigenvalue weighted by molar-refractivity contribution is 0.0268. The Kier molecular flexibility index (Phi) is 7.72. The maximum Gasteiger partial charge on any atom is 0.191 e. The van der Waals surface area contributed by atoms with Gasteiger partial charge in [0.15, 0.2) is 5.96 Å². The van der Waals surface area contributed by atoms with E-state index in [-0.39, 0.29) is 5.60 Å². The van der Waals surface area contributed by atoms with Gasteiger partial charge in [-0.15, -0.1) is 0 Å². The van der Waals surface area contributed by atoms with Crippen molar-refractivity contribution < 1.29 is 14.2 Å². The van der Waals surface area contributed by atoms with Crippen molar-refractivity contribution in [1.29, 1.82) is 0 Å². The Bertz CT molecular complexity index is 596. The van der Waals surface area contributed by atoms with Gasteiger partial charge in [-0.05, 0) is 38.8 Å². The maximum atomic E-state index is 6.10. The Balaban J connectivity index is 1.92. The minimum absolute atomic E-state index is 0.251. The highest BCUT2D eigenvalue weighted by Crippen LogP contribution is 2.22. The molecule has 0 spiro atoms. The smallest absolute Gasteiger partial charge is 0.191 e. The monoisotopic (exact) mass is 363 g/mol. The summed E-state index contributed by atoms with van der Waals surface area (Å²) < 4.78 is 17.0. The summed E-state index contributed by atoms with van der Waals surface area (Å²) in [6, 6.07) is 6.30. The standard InChI is InChI=1S/C20H33N3O3/c1-15-6-7-17(18(10-15)26-13-16-8-9-25-12-16)11-22-19(21-4)23-14-20(2,3)24-5/h6-7,10,16H,8-9,11-14H2,1-5H3,(H2,21,22,23). The van der Waals surface area contributed by atoms with Gasteiger partial charge in [0.05, 0.1) is 18.8 Å². The van der Waals surface area contributed by atoms with Crippen molar-refractivity contribution in [3.63, 3.8) is 0 Å². The SMILES string of the molecule is CN=C(NCc1ccc(C)cc1OCC1CCOC1)NCC(C)(C)OC. The molecule has 2 rings (SSSR count). The van der Waals surface area contributed by atoms with Gasteiger partial charge in [-0.2, -0.15) is 0 Å². The molecule has 2 N–H and O–H groups in total. The van der Waals surface area contributed by atoms with Crippen LogP contribution in [0.5, 0.6) is 5.75 Å². The molecule has 1 atom stereocenters. The van der Waals surface area contributed by atoms with E-state index in [1.54, 1.807) is 14.2 Å². The fraction of sp³-hybridized carbons (Fsp3) is 0.650. The Morgan fingerprint density at radius 2 is 2.15 bits per heavy atom. The van der Waals surface area contributed by atoms with Crippen LogP contribution in [0.3, 0.4) is 0 Å². The van der Waals surface area contributed by atoms with Crippen molar-refractivity contribution in [2.45, 2.75) is 39.3 Å². The zero-order valence-corrected chi connectivity index (χ0v) is 16.7. The number of hydrogen-bond donors (Lipinski definition) is 2. The fourth-order valence-electron chi connectivity index (χ4n) is 2.63. The average molecular weight is 364 g/mol. The zero-order chi connectivity index (χ0) is 19.0. The first-order valence-corrected chi connectivity index (χ1v) is 9.23. The predicted octanol–water partition coefficient (Wildman–Crippen LogP) is 2.50. The summed E-state index contributed by atoms with van der Waals surface area (Å²) in [5.41, 5.74) is 2.05. The molecule has 1 fully saturated rings. The summed E-state index contributed by atoms with van der Waals surface area (Å²) >= 11 is 0.